The third-order valence-electron chi connectivity index (χ3n) is 3.61. The first-order valence-electron chi connectivity index (χ1n) is 7.53. The Bertz CT molecular complexity index is 739. The van der Waals surface area contributed by atoms with Gasteiger partial charge in [0.25, 0.3) is 0 Å². The Kier molecular flexibility index (Phi) is 6.40. The smallest absolute Gasteiger partial charge is 0.0273 e. The number of nitrogens with one attached hydrogen (secondary N) is 1. The Labute approximate surface area is 143 Å². The summed E-state index contributed by atoms with van der Waals surface area (Å²) in [7, 11) is 0. The Morgan fingerprint density at radius 1 is 1.12 bits per heavy atom. The topological polar surface area (TPSA) is 95.9 Å². The van der Waals surface area contributed by atoms with Gasteiger partial charge in [-0.1, -0.05) is 24.3 Å². The standard InChI is InChI=1S/C9H10.C8H10AsNO5/c1-2-5-9-7-3-6-8(9)4-1;1-6(11)10-8-4-2-3-7(5-8)9(12,13)15-14/h1-2,4-5H,3,6-7H2;2-5,14H,1H3,(H,10,11)(H,12,13). The van der Waals surface area contributed by atoms with Crippen molar-refractivity contribution in [1.29, 1.82) is 0 Å². The molecule has 6 nitrogen and oxygen atoms in total. The van der Waals surface area contributed by atoms with E-state index in [0.717, 1.165) is 0 Å². The number of benzene rings is 2. The molecule has 1 aliphatic carbocycles. The van der Waals surface area contributed by atoms with Crippen LogP contribution in [-0.4, -0.2) is 29.4 Å². The van der Waals surface area contributed by atoms with Gasteiger partial charge in [-0.2, -0.15) is 0 Å². The molecule has 2 aromatic rings. The average molecular weight is 393 g/mol. The summed E-state index contributed by atoms with van der Waals surface area (Å²) in [6.45, 7) is 1.32. The molecule has 3 rings (SSSR count). The summed E-state index contributed by atoms with van der Waals surface area (Å²) in [6, 6.07) is 14.4. The van der Waals surface area contributed by atoms with Crippen LogP contribution in [0.2, 0.25) is 0 Å². The van der Waals surface area contributed by atoms with Crippen molar-refractivity contribution in [3.05, 3.63) is 59.7 Å². The van der Waals surface area contributed by atoms with Gasteiger partial charge in [-0.05, 0) is 30.4 Å². The van der Waals surface area contributed by atoms with E-state index in [1.54, 1.807) is 17.2 Å². The third-order valence-corrected chi connectivity index (χ3v) is 6.03. The number of hydrogen-bond acceptors (Lipinski definition) is 4. The largest absolute Gasteiger partial charge is 0.0620 e. The summed E-state index contributed by atoms with van der Waals surface area (Å²) in [4.78, 5) is 10.7. The van der Waals surface area contributed by atoms with Gasteiger partial charge in [-0.25, -0.2) is 0 Å². The molecule has 0 aromatic heterocycles. The van der Waals surface area contributed by atoms with Gasteiger partial charge < -0.3 is 0 Å². The molecule has 1 unspecified atom stereocenters. The first-order valence-corrected chi connectivity index (χ1v) is 10.8. The van der Waals surface area contributed by atoms with Gasteiger partial charge in [-0.15, -0.1) is 0 Å². The molecule has 0 aliphatic heterocycles. The van der Waals surface area contributed by atoms with Gasteiger partial charge in [0, 0.05) is 0 Å². The maximum absolute atomic E-state index is 11.3. The quantitative estimate of drug-likeness (QED) is 0.421. The Hall–Kier alpha value is -1.85. The molecular formula is C17H20AsNO5. The van der Waals surface area contributed by atoms with Crippen molar-refractivity contribution in [2.75, 3.05) is 5.32 Å². The Balaban J connectivity index is 0.000000194. The van der Waals surface area contributed by atoms with Crippen molar-refractivity contribution in [3.63, 3.8) is 0 Å². The van der Waals surface area contributed by atoms with E-state index in [0.29, 0.717) is 5.69 Å². The van der Waals surface area contributed by atoms with Crippen LogP contribution in [0.3, 0.4) is 0 Å². The molecular weight excluding hydrogens is 373 g/mol. The molecule has 24 heavy (non-hydrogen) atoms. The Morgan fingerprint density at radius 3 is 2.29 bits per heavy atom. The first kappa shape index (κ1) is 18.5. The summed E-state index contributed by atoms with van der Waals surface area (Å²) in [5, 5.41) is 10.7. The van der Waals surface area contributed by atoms with Gasteiger partial charge in [0.15, 0.2) is 0 Å². The summed E-state index contributed by atoms with van der Waals surface area (Å²) < 4.78 is 23.9. The zero-order valence-electron chi connectivity index (χ0n) is 13.3. The van der Waals surface area contributed by atoms with Crippen molar-refractivity contribution in [1.82, 2.24) is 0 Å². The van der Waals surface area contributed by atoms with Gasteiger partial charge in [-0.3, -0.25) is 0 Å². The molecule has 0 radical (unpaired) electrons. The maximum atomic E-state index is 11.3. The van der Waals surface area contributed by atoms with Gasteiger partial charge in [0.1, 0.15) is 0 Å². The fraction of sp³-hybridized carbons (Fsp3) is 0.235. The minimum absolute atomic E-state index is 0.0399. The van der Waals surface area contributed by atoms with Crippen LogP contribution in [-0.2, 0) is 25.3 Å². The maximum Gasteiger partial charge on any atom is -0.0273 e. The summed E-state index contributed by atoms with van der Waals surface area (Å²) in [5.41, 5.74) is 3.50. The monoisotopic (exact) mass is 393 g/mol. The molecule has 0 saturated heterocycles. The number of fused-ring (bicyclic) bond motifs is 1. The van der Waals surface area contributed by atoms with Crippen molar-refractivity contribution in [2.45, 2.75) is 26.2 Å². The molecule has 1 atom stereocenters. The minimum Gasteiger partial charge on any atom is -0.0620 e. The number of anilines is 1. The summed E-state index contributed by atoms with van der Waals surface area (Å²) >= 11 is -4.83. The van der Waals surface area contributed by atoms with E-state index in [1.807, 2.05) is 0 Å². The average Bonchev–Trinajstić information content (AvgIpc) is 3.04. The molecule has 3 N–H and O–H groups in total. The van der Waals surface area contributed by atoms with Crippen LogP contribution in [0.1, 0.15) is 24.5 Å². The molecule has 0 saturated carbocycles. The molecule has 2 aromatic carbocycles. The Morgan fingerprint density at radius 2 is 1.75 bits per heavy atom. The molecule has 1 aliphatic rings. The van der Waals surface area contributed by atoms with E-state index in [4.69, 9.17) is 5.26 Å². The molecule has 0 heterocycles. The van der Waals surface area contributed by atoms with Crippen LogP contribution in [0.5, 0.6) is 0 Å². The zero-order chi connectivity index (χ0) is 17.6. The second-order valence-electron chi connectivity index (χ2n) is 5.46. The molecule has 128 valence electrons. The number of rotatable bonds is 3. The fourth-order valence-electron chi connectivity index (χ4n) is 2.52. The van der Waals surface area contributed by atoms with E-state index in [-0.39, 0.29) is 10.3 Å². The summed E-state index contributed by atoms with van der Waals surface area (Å²) in [5.74, 6) is -0.294. The number of carbonyl (C=O) groups excluding carboxylic acids is 1. The van der Waals surface area contributed by atoms with Crippen LogP contribution in [0, 0.1) is 0 Å². The first-order chi connectivity index (χ1) is 11.4. The number of amides is 1. The van der Waals surface area contributed by atoms with Crippen LogP contribution in [0.15, 0.2) is 48.5 Å². The van der Waals surface area contributed by atoms with Crippen molar-refractivity contribution < 1.29 is 21.8 Å². The predicted molar refractivity (Wildman–Crippen MR) is 91.2 cm³/mol. The molecule has 0 spiro atoms. The molecule has 0 bridgehead atoms. The second kappa shape index (κ2) is 8.31. The molecule has 7 heteroatoms. The van der Waals surface area contributed by atoms with Crippen molar-refractivity contribution in [2.24, 2.45) is 0 Å². The van der Waals surface area contributed by atoms with E-state index in [2.05, 4.69) is 33.5 Å². The van der Waals surface area contributed by atoms with E-state index < -0.39 is 14.2 Å². The van der Waals surface area contributed by atoms with Gasteiger partial charge >= 0.3 is 88.4 Å². The van der Waals surface area contributed by atoms with E-state index >= 15 is 0 Å². The number of hydrogen-bond donors (Lipinski definition) is 3. The zero-order valence-corrected chi connectivity index (χ0v) is 15.2. The molecule has 1 amide bonds. The SMILES string of the molecule is CC(=O)Nc1cccc([As](=O)(O)OO)c1.c1ccc2c(c1)CCC2. The van der Waals surface area contributed by atoms with Crippen LogP contribution >= 0.6 is 0 Å². The number of aryl methyl sites for hydroxylation is 2. The fourth-order valence-corrected chi connectivity index (χ4v) is 3.93. The van der Waals surface area contributed by atoms with Gasteiger partial charge in [0.05, 0.1) is 0 Å². The second-order valence-corrected chi connectivity index (χ2v) is 9.07. The van der Waals surface area contributed by atoms with Crippen LogP contribution in [0.4, 0.5) is 5.69 Å². The third kappa shape index (κ3) is 5.08. The van der Waals surface area contributed by atoms with Crippen LogP contribution < -0.4 is 9.67 Å². The predicted octanol–water partition coefficient (Wildman–Crippen LogP) is 1.88. The summed E-state index contributed by atoms with van der Waals surface area (Å²) in [6.07, 6.45) is 3.96. The van der Waals surface area contributed by atoms with Gasteiger partial charge in [0.2, 0.25) is 0 Å². The minimum atomic E-state index is -4.83. The normalized spacial score (nSPS) is 14.8. The van der Waals surface area contributed by atoms with Crippen molar-refractivity contribution >= 4 is 30.1 Å². The van der Waals surface area contributed by atoms with Crippen molar-refractivity contribution in [3.8, 4) is 0 Å². The molecule has 0 fully saturated rings. The number of carbonyl (C=O) groups is 1. The van der Waals surface area contributed by atoms with E-state index in [1.165, 1.54) is 44.4 Å². The van der Waals surface area contributed by atoms with Crippen LogP contribution in [0.25, 0.3) is 0 Å². The van der Waals surface area contributed by atoms with E-state index in [9.17, 15) is 12.6 Å².